The monoisotopic (exact) mass is 461 g/mol. The Morgan fingerprint density at radius 3 is 1.94 bits per heavy atom. The first-order chi connectivity index (χ1) is 16.8. The van der Waals surface area contributed by atoms with E-state index in [1.807, 2.05) is 12.1 Å². The maximum absolute atomic E-state index is 8.94. The minimum atomic E-state index is 0.764. The molecule has 1 nitrogen and oxygen atoms in total. The molecule has 1 saturated carbocycles. The second kappa shape index (κ2) is 16.2. The molecule has 3 rings (SSSR count). The molecular formula is C33H51N. The van der Waals surface area contributed by atoms with Crippen LogP contribution in [0.15, 0.2) is 35.9 Å². The van der Waals surface area contributed by atoms with E-state index in [1.54, 1.807) is 5.57 Å². The average molecular weight is 462 g/mol. The van der Waals surface area contributed by atoms with Gasteiger partial charge in [-0.1, -0.05) is 121 Å². The van der Waals surface area contributed by atoms with Gasteiger partial charge in [0.2, 0.25) is 0 Å². The van der Waals surface area contributed by atoms with E-state index in [1.165, 1.54) is 128 Å². The van der Waals surface area contributed by atoms with Crippen molar-refractivity contribution in [3.8, 4) is 6.07 Å². The molecule has 1 atom stereocenters. The quantitative estimate of drug-likeness (QED) is 0.188. The summed E-state index contributed by atoms with van der Waals surface area (Å²) in [6.07, 6.45) is 31.1. The zero-order valence-electron chi connectivity index (χ0n) is 22.2. The maximum atomic E-state index is 8.94. The highest BCUT2D eigenvalue weighted by molar-refractivity contribution is 5.32. The number of hydrogen-bond acceptors (Lipinski definition) is 1. The van der Waals surface area contributed by atoms with Crippen molar-refractivity contribution >= 4 is 0 Å². The van der Waals surface area contributed by atoms with E-state index >= 15 is 0 Å². The van der Waals surface area contributed by atoms with Crippen LogP contribution in [0, 0.1) is 29.1 Å². The fourth-order valence-electron chi connectivity index (χ4n) is 6.33. The second-order valence-electron chi connectivity index (χ2n) is 11.5. The van der Waals surface area contributed by atoms with Gasteiger partial charge < -0.3 is 0 Å². The van der Waals surface area contributed by atoms with E-state index in [2.05, 4.69) is 31.2 Å². The summed E-state index contributed by atoms with van der Waals surface area (Å²) in [7, 11) is 0. The second-order valence-corrected chi connectivity index (χ2v) is 11.5. The molecule has 2 aliphatic carbocycles. The summed E-state index contributed by atoms with van der Waals surface area (Å²) >= 11 is 0. The number of aryl methyl sites for hydroxylation is 1. The molecule has 1 aromatic rings. The van der Waals surface area contributed by atoms with E-state index in [9.17, 15) is 0 Å². The molecular weight excluding hydrogens is 410 g/mol. The van der Waals surface area contributed by atoms with Crippen LogP contribution < -0.4 is 0 Å². The van der Waals surface area contributed by atoms with Crippen molar-refractivity contribution in [3.63, 3.8) is 0 Å². The predicted octanol–water partition coefficient (Wildman–Crippen LogP) is 10.3. The van der Waals surface area contributed by atoms with Crippen LogP contribution in [0.4, 0.5) is 0 Å². The minimum Gasteiger partial charge on any atom is -0.192 e. The SMILES string of the molecule is CCCCCCCCCCC1CCC(CCC2CC=C(CCc3ccc(C#N)cc3)CC2)CC1. The van der Waals surface area contributed by atoms with Gasteiger partial charge in [-0.3, -0.25) is 0 Å². The van der Waals surface area contributed by atoms with Gasteiger partial charge in [0.15, 0.2) is 0 Å². The van der Waals surface area contributed by atoms with E-state index in [0.717, 1.165) is 29.7 Å². The number of unbranched alkanes of at least 4 members (excludes halogenated alkanes) is 7. The Hall–Kier alpha value is -1.55. The maximum Gasteiger partial charge on any atom is 0.0991 e. The van der Waals surface area contributed by atoms with Crippen molar-refractivity contribution in [2.75, 3.05) is 0 Å². The van der Waals surface area contributed by atoms with Crippen LogP contribution in [0.25, 0.3) is 0 Å². The fraction of sp³-hybridized carbons (Fsp3) is 0.727. The summed E-state index contributed by atoms with van der Waals surface area (Å²) in [6.45, 7) is 2.31. The molecule has 0 amide bonds. The molecule has 1 unspecified atom stereocenters. The molecule has 0 bridgehead atoms. The van der Waals surface area contributed by atoms with Crippen LogP contribution in [-0.2, 0) is 6.42 Å². The molecule has 2 aliphatic rings. The Labute approximate surface area is 211 Å². The van der Waals surface area contributed by atoms with E-state index < -0.39 is 0 Å². The largest absolute Gasteiger partial charge is 0.192 e. The summed E-state index contributed by atoms with van der Waals surface area (Å²) in [5, 5.41) is 8.94. The lowest BCUT2D eigenvalue weighted by molar-refractivity contribution is 0.234. The smallest absolute Gasteiger partial charge is 0.0991 e. The molecule has 0 heterocycles. The van der Waals surface area contributed by atoms with Crippen molar-refractivity contribution in [3.05, 3.63) is 47.0 Å². The number of hydrogen-bond donors (Lipinski definition) is 0. The highest BCUT2D eigenvalue weighted by atomic mass is 14.3. The van der Waals surface area contributed by atoms with Crippen LogP contribution in [0.1, 0.15) is 140 Å². The number of allylic oxidation sites excluding steroid dienone is 2. The van der Waals surface area contributed by atoms with Crippen molar-refractivity contribution < 1.29 is 0 Å². The standard InChI is InChI=1S/C33H51N/c1-2-3-4-5-6-7-8-9-10-28-11-13-29(14-12-28)15-16-30-17-19-31(20-18-30)21-22-32-23-25-33(27-34)26-24-32/h19,23-26,28-30H,2-18,20-22H2,1H3. The lowest BCUT2D eigenvalue weighted by Crippen LogP contribution is -2.16. The number of rotatable bonds is 15. The predicted molar refractivity (Wildman–Crippen MR) is 147 cm³/mol. The van der Waals surface area contributed by atoms with Crippen LogP contribution in [0.2, 0.25) is 0 Å². The molecule has 188 valence electrons. The summed E-state index contributed by atoms with van der Waals surface area (Å²) in [4.78, 5) is 0. The topological polar surface area (TPSA) is 23.8 Å². The normalized spacial score (nSPS) is 22.8. The van der Waals surface area contributed by atoms with Crippen LogP contribution in [0.5, 0.6) is 0 Å². The number of benzene rings is 1. The molecule has 34 heavy (non-hydrogen) atoms. The lowest BCUT2D eigenvalue weighted by atomic mass is 9.76. The van der Waals surface area contributed by atoms with E-state index in [-0.39, 0.29) is 0 Å². The summed E-state index contributed by atoms with van der Waals surface area (Å²) in [6, 6.07) is 10.3. The first kappa shape index (κ1) is 27.0. The molecule has 0 radical (unpaired) electrons. The third kappa shape index (κ3) is 10.4. The van der Waals surface area contributed by atoms with Crippen molar-refractivity contribution in [2.24, 2.45) is 17.8 Å². The van der Waals surface area contributed by atoms with E-state index in [0.29, 0.717) is 0 Å². The Balaban J connectivity index is 1.20. The molecule has 1 aromatic carbocycles. The van der Waals surface area contributed by atoms with Gasteiger partial charge in [0.05, 0.1) is 11.6 Å². The molecule has 0 aromatic heterocycles. The molecule has 0 aliphatic heterocycles. The van der Waals surface area contributed by atoms with Crippen molar-refractivity contribution in [2.45, 2.75) is 135 Å². The summed E-state index contributed by atoms with van der Waals surface area (Å²) in [5.41, 5.74) is 3.79. The molecule has 0 N–H and O–H groups in total. The van der Waals surface area contributed by atoms with Gasteiger partial charge in [-0.05, 0) is 74.0 Å². The van der Waals surface area contributed by atoms with Crippen LogP contribution >= 0.6 is 0 Å². The van der Waals surface area contributed by atoms with Crippen LogP contribution in [-0.4, -0.2) is 0 Å². The minimum absolute atomic E-state index is 0.764. The Bertz CT molecular complexity index is 729. The van der Waals surface area contributed by atoms with Crippen LogP contribution in [0.3, 0.4) is 0 Å². The Morgan fingerprint density at radius 2 is 1.32 bits per heavy atom. The van der Waals surface area contributed by atoms with Gasteiger partial charge in [0.25, 0.3) is 0 Å². The van der Waals surface area contributed by atoms with Gasteiger partial charge >= 0.3 is 0 Å². The fourth-order valence-corrected chi connectivity index (χ4v) is 6.33. The van der Waals surface area contributed by atoms with Gasteiger partial charge in [-0.2, -0.15) is 5.26 Å². The van der Waals surface area contributed by atoms with Crippen molar-refractivity contribution in [1.82, 2.24) is 0 Å². The van der Waals surface area contributed by atoms with Gasteiger partial charge in [0, 0.05) is 0 Å². The average Bonchev–Trinajstić information content (AvgIpc) is 2.89. The number of nitriles is 1. The van der Waals surface area contributed by atoms with E-state index in [4.69, 9.17) is 5.26 Å². The first-order valence-corrected chi connectivity index (χ1v) is 14.9. The first-order valence-electron chi connectivity index (χ1n) is 14.9. The molecule has 0 saturated heterocycles. The highest BCUT2D eigenvalue weighted by Crippen LogP contribution is 2.37. The summed E-state index contributed by atoms with van der Waals surface area (Å²) < 4.78 is 0. The van der Waals surface area contributed by atoms with Gasteiger partial charge in [-0.15, -0.1) is 0 Å². The van der Waals surface area contributed by atoms with Gasteiger partial charge in [-0.25, -0.2) is 0 Å². The number of nitrogens with zero attached hydrogens (tertiary/aromatic N) is 1. The third-order valence-electron chi connectivity index (χ3n) is 8.85. The lowest BCUT2D eigenvalue weighted by Gasteiger charge is -2.30. The van der Waals surface area contributed by atoms with Gasteiger partial charge in [0.1, 0.15) is 0 Å². The molecule has 1 heteroatoms. The highest BCUT2D eigenvalue weighted by Gasteiger charge is 2.22. The Morgan fingerprint density at radius 1 is 0.706 bits per heavy atom. The Kier molecular flexibility index (Phi) is 12.9. The van der Waals surface area contributed by atoms with Crippen molar-refractivity contribution in [1.29, 1.82) is 5.26 Å². The zero-order valence-corrected chi connectivity index (χ0v) is 22.2. The molecule has 1 fully saturated rings. The summed E-state index contributed by atoms with van der Waals surface area (Å²) in [5.74, 6) is 3.01. The zero-order chi connectivity index (χ0) is 23.8. The molecule has 0 spiro atoms. The third-order valence-corrected chi connectivity index (χ3v) is 8.85.